The third kappa shape index (κ3) is 2.88. The van der Waals surface area contributed by atoms with Crippen molar-refractivity contribution < 1.29 is 9.53 Å². The normalized spacial score (nSPS) is 25.6. The van der Waals surface area contributed by atoms with Crippen LogP contribution in [-0.4, -0.2) is 55.2 Å². The van der Waals surface area contributed by atoms with Gasteiger partial charge in [-0.2, -0.15) is 0 Å². The van der Waals surface area contributed by atoms with Gasteiger partial charge in [0, 0.05) is 33.3 Å². The zero-order valence-corrected chi connectivity index (χ0v) is 10.9. The van der Waals surface area contributed by atoms with Gasteiger partial charge in [-0.3, -0.25) is 0 Å². The van der Waals surface area contributed by atoms with Crippen molar-refractivity contribution in [1.82, 2.24) is 9.80 Å². The Morgan fingerprint density at radius 3 is 2.56 bits per heavy atom. The van der Waals surface area contributed by atoms with Crippen LogP contribution >= 0.6 is 0 Å². The Morgan fingerprint density at radius 1 is 1.44 bits per heavy atom. The largest absolute Gasteiger partial charge is 0.379 e. The van der Waals surface area contributed by atoms with Crippen molar-refractivity contribution in [1.29, 1.82) is 0 Å². The molecule has 1 rings (SSSR count). The van der Waals surface area contributed by atoms with Gasteiger partial charge >= 0.3 is 6.03 Å². The van der Waals surface area contributed by atoms with Gasteiger partial charge in [-0.15, -0.1) is 0 Å². The fraction of sp³-hybridized carbons (Fsp3) is 0.917. The SMILES string of the molecule is CCN(CC)C(=O)N1CCC(C)C(OC)C1. The number of likely N-dealkylation sites (tertiary alicyclic amines) is 1. The van der Waals surface area contributed by atoms with E-state index in [0.29, 0.717) is 5.92 Å². The Bertz CT molecular complexity index is 229. The van der Waals surface area contributed by atoms with Crippen LogP contribution in [0.4, 0.5) is 4.79 Å². The number of carbonyl (C=O) groups excluding carboxylic acids is 1. The van der Waals surface area contributed by atoms with E-state index in [-0.39, 0.29) is 12.1 Å². The van der Waals surface area contributed by atoms with E-state index in [2.05, 4.69) is 6.92 Å². The van der Waals surface area contributed by atoms with Crippen LogP contribution in [-0.2, 0) is 4.74 Å². The fourth-order valence-electron chi connectivity index (χ4n) is 2.21. The first-order valence-corrected chi connectivity index (χ1v) is 6.20. The number of urea groups is 1. The maximum Gasteiger partial charge on any atom is 0.320 e. The minimum absolute atomic E-state index is 0.152. The lowest BCUT2D eigenvalue weighted by molar-refractivity contribution is 0.00253. The molecule has 1 aliphatic rings. The maximum absolute atomic E-state index is 12.1. The van der Waals surface area contributed by atoms with Crippen molar-refractivity contribution in [2.24, 2.45) is 5.92 Å². The highest BCUT2D eigenvalue weighted by Gasteiger charge is 2.30. The molecule has 16 heavy (non-hydrogen) atoms. The number of ether oxygens (including phenoxy) is 1. The van der Waals surface area contributed by atoms with Crippen LogP contribution in [0.5, 0.6) is 0 Å². The molecule has 1 heterocycles. The maximum atomic E-state index is 12.1. The molecule has 4 heteroatoms. The summed E-state index contributed by atoms with van der Waals surface area (Å²) in [6.45, 7) is 9.36. The number of nitrogens with zero attached hydrogens (tertiary/aromatic N) is 2. The topological polar surface area (TPSA) is 32.8 Å². The minimum Gasteiger partial charge on any atom is -0.379 e. The van der Waals surface area contributed by atoms with E-state index < -0.39 is 0 Å². The molecule has 2 amide bonds. The van der Waals surface area contributed by atoms with Crippen LogP contribution in [0.1, 0.15) is 27.2 Å². The lowest BCUT2D eigenvalue weighted by Crippen LogP contribution is -2.51. The quantitative estimate of drug-likeness (QED) is 0.738. The number of amides is 2. The van der Waals surface area contributed by atoms with Crippen molar-refractivity contribution in [3.63, 3.8) is 0 Å². The molecule has 0 aromatic rings. The molecule has 0 aromatic heterocycles. The third-order valence-corrected chi connectivity index (χ3v) is 3.50. The Kier molecular flexibility index (Phi) is 5.06. The van der Waals surface area contributed by atoms with E-state index in [0.717, 1.165) is 32.6 Å². The predicted molar refractivity (Wildman–Crippen MR) is 64.5 cm³/mol. The van der Waals surface area contributed by atoms with Gasteiger partial charge in [-0.25, -0.2) is 4.79 Å². The Labute approximate surface area is 98.5 Å². The Morgan fingerprint density at radius 2 is 2.06 bits per heavy atom. The van der Waals surface area contributed by atoms with Gasteiger partial charge < -0.3 is 14.5 Å². The monoisotopic (exact) mass is 228 g/mol. The summed E-state index contributed by atoms with van der Waals surface area (Å²) < 4.78 is 5.42. The molecule has 94 valence electrons. The average molecular weight is 228 g/mol. The third-order valence-electron chi connectivity index (χ3n) is 3.50. The van der Waals surface area contributed by atoms with E-state index in [4.69, 9.17) is 4.74 Å². The van der Waals surface area contributed by atoms with Crippen LogP contribution in [0, 0.1) is 5.92 Å². The van der Waals surface area contributed by atoms with Gasteiger partial charge in [-0.1, -0.05) is 6.92 Å². The summed E-state index contributed by atoms with van der Waals surface area (Å²) in [5.74, 6) is 0.547. The van der Waals surface area contributed by atoms with Gasteiger partial charge in [0.05, 0.1) is 6.10 Å². The summed E-state index contributed by atoms with van der Waals surface area (Å²) in [5.41, 5.74) is 0. The molecular weight excluding hydrogens is 204 g/mol. The molecule has 2 unspecified atom stereocenters. The molecule has 0 N–H and O–H groups in total. The van der Waals surface area contributed by atoms with Crippen molar-refractivity contribution in [3.05, 3.63) is 0 Å². The second-order valence-corrected chi connectivity index (χ2v) is 4.44. The van der Waals surface area contributed by atoms with Crippen LogP contribution in [0.3, 0.4) is 0 Å². The predicted octanol–water partition coefficient (Wildman–Crippen LogP) is 1.80. The summed E-state index contributed by atoms with van der Waals surface area (Å²) in [5, 5.41) is 0. The summed E-state index contributed by atoms with van der Waals surface area (Å²) in [6.07, 6.45) is 1.22. The second kappa shape index (κ2) is 6.09. The summed E-state index contributed by atoms with van der Waals surface area (Å²) in [7, 11) is 1.73. The van der Waals surface area contributed by atoms with Gasteiger partial charge in [0.15, 0.2) is 0 Å². The molecule has 0 aliphatic carbocycles. The first kappa shape index (κ1) is 13.3. The van der Waals surface area contributed by atoms with Crippen LogP contribution < -0.4 is 0 Å². The fourth-order valence-corrected chi connectivity index (χ4v) is 2.21. The second-order valence-electron chi connectivity index (χ2n) is 4.44. The highest BCUT2D eigenvalue weighted by Crippen LogP contribution is 2.20. The van der Waals surface area contributed by atoms with Crippen molar-refractivity contribution in [3.8, 4) is 0 Å². The molecule has 0 aromatic carbocycles. The first-order chi connectivity index (χ1) is 7.63. The first-order valence-electron chi connectivity index (χ1n) is 6.20. The zero-order valence-electron chi connectivity index (χ0n) is 10.9. The number of methoxy groups -OCH3 is 1. The average Bonchev–Trinajstić information content (AvgIpc) is 2.31. The Hall–Kier alpha value is -0.770. The van der Waals surface area contributed by atoms with E-state index >= 15 is 0 Å². The van der Waals surface area contributed by atoms with E-state index in [9.17, 15) is 4.79 Å². The molecule has 2 atom stereocenters. The van der Waals surface area contributed by atoms with Crippen molar-refractivity contribution in [2.45, 2.75) is 33.3 Å². The van der Waals surface area contributed by atoms with Gasteiger partial charge in [0.2, 0.25) is 0 Å². The van der Waals surface area contributed by atoms with Gasteiger partial charge in [-0.05, 0) is 26.2 Å². The highest BCUT2D eigenvalue weighted by atomic mass is 16.5. The lowest BCUT2D eigenvalue weighted by Gasteiger charge is -2.38. The summed E-state index contributed by atoms with van der Waals surface area (Å²) in [4.78, 5) is 15.9. The van der Waals surface area contributed by atoms with Gasteiger partial charge in [0.1, 0.15) is 0 Å². The van der Waals surface area contributed by atoms with E-state index in [1.807, 2.05) is 23.6 Å². The van der Waals surface area contributed by atoms with Crippen LogP contribution in [0.2, 0.25) is 0 Å². The number of piperidine rings is 1. The molecule has 0 saturated carbocycles. The standard InChI is InChI=1S/C12H24N2O2/c1-5-13(6-2)12(15)14-8-7-10(3)11(9-14)16-4/h10-11H,5-9H2,1-4H3. The van der Waals surface area contributed by atoms with Crippen molar-refractivity contribution in [2.75, 3.05) is 33.3 Å². The van der Waals surface area contributed by atoms with E-state index in [1.54, 1.807) is 7.11 Å². The number of hydrogen-bond donors (Lipinski definition) is 0. The number of hydrogen-bond acceptors (Lipinski definition) is 2. The molecule has 0 radical (unpaired) electrons. The van der Waals surface area contributed by atoms with E-state index in [1.165, 1.54) is 0 Å². The number of rotatable bonds is 3. The zero-order chi connectivity index (χ0) is 12.1. The molecule has 1 saturated heterocycles. The Balaban J connectivity index is 2.57. The highest BCUT2D eigenvalue weighted by molar-refractivity contribution is 5.74. The molecule has 1 fully saturated rings. The molecular formula is C12H24N2O2. The number of carbonyl (C=O) groups is 1. The smallest absolute Gasteiger partial charge is 0.320 e. The van der Waals surface area contributed by atoms with Crippen LogP contribution in [0.15, 0.2) is 0 Å². The minimum atomic E-state index is 0.152. The lowest BCUT2D eigenvalue weighted by atomic mass is 9.96. The summed E-state index contributed by atoms with van der Waals surface area (Å²) >= 11 is 0. The summed E-state index contributed by atoms with van der Waals surface area (Å²) in [6, 6.07) is 0.152. The molecule has 0 spiro atoms. The molecule has 0 bridgehead atoms. The molecule has 1 aliphatic heterocycles. The van der Waals surface area contributed by atoms with Crippen molar-refractivity contribution >= 4 is 6.03 Å². The van der Waals surface area contributed by atoms with Crippen LogP contribution in [0.25, 0.3) is 0 Å². The van der Waals surface area contributed by atoms with Gasteiger partial charge in [0.25, 0.3) is 0 Å². The molecule has 4 nitrogen and oxygen atoms in total.